The van der Waals surface area contributed by atoms with E-state index in [0.29, 0.717) is 11.3 Å². The average Bonchev–Trinajstić information content (AvgIpc) is 3.01. The molecule has 3 heteroatoms. The van der Waals surface area contributed by atoms with Gasteiger partial charge in [0.05, 0.1) is 12.7 Å². The molecule has 0 aromatic carbocycles. The third-order valence-corrected chi connectivity index (χ3v) is 7.75. The number of likely N-dealkylation sites (tertiary alicyclic amines) is 1. The summed E-state index contributed by atoms with van der Waals surface area (Å²) in [5.74, 6) is 1.91. The van der Waals surface area contributed by atoms with Gasteiger partial charge in [0.2, 0.25) is 0 Å². The van der Waals surface area contributed by atoms with Crippen LogP contribution in [0.1, 0.15) is 86.0 Å². The minimum absolute atomic E-state index is 0.272. The first-order chi connectivity index (χ1) is 12.4. The highest BCUT2D eigenvalue weighted by Gasteiger charge is 2.51. The van der Waals surface area contributed by atoms with Crippen molar-refractivity contribution in [1.29, 1.82) is 0 Å². The summed E-state index contributed by atoms with van der Waals surface area (Å²) in [4.78, 5) is 2.63. The highest BCUT2D eigenvalue weighted by Crippen LogP contribution is 2.50. The van der Waals surface area contributed by atoms with Crippen LogP contribution in [-0.4, -0.2) is 43.0 Å². The molecule has 3 nitrogen and oxygen atoms in total. The van der Waals surface area contributed by atoms with Gasteiger partial charge in [0, 0.05) is 25.4 Å². The minimum atomic E-state index is -0.288. The fraction of sp³-hybridized carbons (Fsp3) is 1.00. The van der Waals surface area contributed by atoms with Gasteiger partial charge in [-0.05, 0) is 55.9 Å². The van der Waals surface area contributed by atoms with Crippen LogP contribution in [0, 0.1) is 23.2 Å². The van der Waals surface area contributed by atoms with E-state index in [2.05, 4.69) is 39.5 Å². The van der Waals surface area contributed by atoms with Crippen LogP contribution in [0.2, 0.25) is 0 Å². The van der Waals surface area contributed by atoms with Crippen LogP contribution in [0.25, 0.3) is 0 Å². The summed E-state index contributed by atoms with van der Waals surface area (Å²) in [5.41, 5.74) is 0.450. The second kappa shape index (κ2) is 8.49. The number of nitrogens with zero attached hydrogens (tertiary/aromatic N) is 1. The van der Waals surface area contributed by atoms with Crippen molar-refractivity contribution in [3.05, 3.63) is 0 Å². The first-order valence-corrected chi connectivity index (χ1v) is 11.4. The van der Waals surface area contributed by atoms with Crippen LogP contribution in [0.15, 0.2) is 0 Å². The van der Waals surface area contributed by atoms with E-state index in [1.165, 1.54) is 58.0 Å². The predicted octanol–water partition coefficient (Wildman–Crippen LogP) is 5.48. The second-order valence-corrected chi connectivity index (χ2v) is 10.1. The maximum atomic E-state index is 6.63. The van der Waals surface area contributed by atoms with Crippen molar-refractivity contribution in [2.45, 2.75) is 97.9 Å². The summed E-state index contributed by atoms with van der Waals surface area (Å²) in [5, 5.41) is 0. The Hall–Kier alpha value is -0.120. The zero-order chi connectivity index (χ0) is 18.8. The zero-order valence-electron chi connectivity index (χ0n) is 18.1. The number of hydrogen-bond donors (Lipinski definition) is 0. The lowest BCUT2D eigenvalue weighted by Crippen LogP contribution is -2.47. The lowest BCUT2D eigenvalue weighted by atomic mass is 9.65. The highest BCUT2D eigenvalue weighted by molar-refractivity contribution is 4.94. The molecule has 2 aliphatic heterocycles. The molecule has 0 amide bonds. The summed E-state index contributed by atoms with van der Waals surface area (Å²) >= 11 is 0. The molecular formula is C23H43NO2. The molecule has 0 aromatic rings. The van der Waals surface area contributed by atoms with Crippen molar-refractivity contribution in [2.75, 3.05) is 26.2 Å². The van der Waals surface area contributed by atoms with Gasteiger partial charge >= 0.3 is 0 Å². The summed E-state index contributed by atoms with van der Waals surface area (Å²) < 4.78 is 13.0. The van der Waals surface area contributed by atoms with E-state index >= 15 is 0 Å². The van der Waals surface area contributed by atoms with Gasteiger partial charge in [0.15, 0.2) is 5.79 Å². The van der Waals surface area contributed by atoms with E-state index in [0.717, 1.165) is 31.4 Å². The molecule has 1 spiro atoms. The zero-order valence-corrected chi connectivity index (χ0v) is 18.1. The largest absolute Gasteiger partial charge is 0.347 e. The van der Waals surface area contributed by atoms with Gasteiger partial charge in [-0.1, -0.05) is 47.5 Å². The van der Waals surface area contributed by atoms with Crippen LogP contribution < -0.4 is 0 Å². The normalized spacial score (nSPS) is 39.6. The molecule has 2 heterocycles. The van der Waals surface area contributed by atoms with Gasteiger partial charge in [-0.3, -0.25) is 0 Å². The van der Waals surface area contributed by atoms with Crippen LogP contribution in [0.3, 0.4) is 0 Å². The maximum absolute atomic E-state index is 6.63. The topological polar surface area (TPSA) is 21.7 Å². The third kappa shape index (κ3) is 4.47. The molecular weight excluding hydrogens is 322 g/mol. The first-order valence-electron chi connectivity index (χ1n) is 11.4. The molecule has 1 saturated carbocycles. The van der Waals surface area contributed by atoms with Crippen molar-refractivity contribution in [3.8, 4) is 0 Å². The molecule has 152 valence electrons. The van der Waals surface area contributed by atoms with E-state index in [1.807, 2.05) is 0 Å². The average molecular weight is 366 g/mol. The molecule has 0 aromatic heterocycles. The Balaban J connectivity index is 1.53. The van der Waals surface area contributed by atoms with E-state index < -0.39 is 0 Å². The first kappa shape index (κ1) is 20.6. The maximum Gasteiger partial charge on any atom is 0.171 e. The lowest BCUT2D eigenvalue weighted by Gasteiger charge is -2.46. The van der Waals surface area contributed by atoms with Crippen LogP contribution >= 0.6 is 0 Å². The Labute approximate surface area is 162 Å². The van der Waals surface area contributed by atoms with Gasteiger partial charge in [0.1, 0.15) is 0 Å². The second-order valence-electron chi connectivity index (χ2n) is 10.1. The minimum Gasteiger partial charge on any atom is -0.347 e. The summed E-state index contributed by atoms with van der Waals surface area (Å²) in [6.07, 6.45) is 10.5. The third-order valence-electron chi connectivity index (χ3n) is 7.75. The van der Waals surface area contributed by atoms with Gasteiger partial charge in [0.25, 0.3) is 0 Å². The predicted molar refractivity (Wildman–Crippen MR) is 108 cm³/mol. The summed E-state index contributed by atoms with van der Waals surface area (Å²) in [7, 11) is 0. The molecule has 0 N–H and O–H groups in total. The Bertz CT molecular complexity index is 451. The number of rotatable bonds is 6. The lowest BCUT2D eigenvalue weighted by molar-refractivity contribution is -0.229. The fourth-order valence-corrected chi connectivity index (χ4v) is 5.91. The fourth-order valence-electron chi connectivity index (χ4n) is 5.91. The van der Waals surface area contributed by atoms with Crippen molar-refractivity contribution in [1.82, 2.24) is 4.90 Å². The molecule has 0 bridgehead atoms. The van der Waals surface area contributed by atoms with E-state index in [4.69, 9.17) is 9.47 Å². The summed E-state index contributed by atoms with van der Waals surface area (Å²) in [6.45, 7) is 16.3. The monoisotopic (exact) mass is 365 g/mol. The van der Waals surface area contributed by atoms with Crippen LogP contribution in [-0.2, 0) is 9.47 Å². The molecule has 2 saturated heterocycles. The standard InChI is InChI=1S/C23H43NO2/c1-6-11-22(4,5)20-10-12-23(18(3)14-20)25-17-21(26-23)16-24-13-8-9-19(7-2)15-24/h18-21H,6-17H2,1-5H3. The number of hydrogen-bond acceptors (Lipinski definition) is 3. The van der Waals surface area contributed by atoms with Crippen molar-refractivity contribution >= 4 is 0 Å². The molecule has 5 unspecified atom stereocenters. The Kier molecular flexibility index (Phi) is 6.73. The molecule has 0 radical (unpaired) electrons. The van der Waals surface area contributed by atoms with Gasteiger partial charge in [-0.2, -0.15) is 0 Å². The molecule has 26 heavy (non-hydrogen) atoms. The Morgan fingerprint density at radius 3 is 2.69 bits per heavy atom. The van der Waals surface area contributed by atoms with E-state index in [9.17, 15) is 0 Å². The molecule has 3 fully saturated rings. The quantitative estimate of drug-likeness (QED) is 0.622. The Morgan fingerprint density at radius 2 is 2.00 bits per heavy atom. The SMILES string of the molecule is CCCC(C)(C)C1CCC2(OCC(CN3CCCC(CC)C3)O2)C(C)C1. The summed E-state index contributed by atoms with van der Waals surface area (Å²) in [6, 6.07) is 0. The van der Waals surface area contributed by atoms with Gasteiger partial charge in [-0.25, -0.2) is 0 Å². The number of piperidine rings is 1. The highest BCUT2D eigenvalue weighted by atomic mass is 16.7. The smallest absolute Gasteiger partial charge is 0.171 e. The van der Waals surface area contributed by atoms with Crippen LogP contribution in [0.4, 0.5) is 0 Å². The molecule has 3 rings (SSSR count). The molecule has 3 aliphatic rings. The van der Waals surface area contributed by atoms with Gasteiger partial charge in [-0.15, -0.1) is 0 Å². The molecule has 5 atom stereocenters. The molecule has 1 aliphatic carbocycles. The van der Waals surface area contributed by atoms with Crippen LogP contribution in [0.5, 0.6) is 0 Å². The van der Waals surface area contributed by atoms with Crippen molar-refractivity contribution in [2.24, 2.45) is 23.2 Å². The van der Waals surface area contributed by atoms with Crippen molar-refractivity contribution < 1.29 is 9.47 Å². The van der Waals surface area contributed by atoms with Crippen molar-refractivity contribution in [3.63, 3.8) is 0 Å². The van der Waals surface area contributed by atoms with Gasteiger partial charge < -0.3 is 14.4 Å². The number of ether oxygens (including phenoxy) is 2. The van der Waals surface area contributed by atoms with E-state index in [1.54, 1.807) is 0 Å². The van der Waals surface area contributed by atoms with E-state index in [-0.39, 0.29) is 11.9 Å². The Morgan fingerprint density at radius 1 is 1.19 bits per heavy atom.